The quantitative estimate of drug-likeness (QED) is 0.562. The van der Waals surface area contributed by atoms with Gasteiger partial charge in [-0.3, -0.25) is 9.59 Å². The van der Waals surface area contributed by atoms with Crippen molar-refractivity contribution in [3.05, 3.63) is 28.8 Å². The lowest BCUT2D eigenvalue weighted by Crippen LogP contribution is -2.45. The van der Waals surface area contributed by atoms with E-state index in [0.717, 1.165) is 18.2 Å². The van der Waals surface area contributed by atoms with E-state index in [0.29, 0.717) is 19.6 Å². The Hall–Kier alpha value is -1.80. The standard InChI is InChI=1S/C16H20ClF3N2O3/c1-15(2,13(23)21-7-4-8-25-3)14(24)22-12-9-10(16(18,19)20)5-6-11(12)17/h5-6,9H,4,7-8H2,1-3H3,(H,21,23)(H,22,24). The number of nitrogens with one attached hydrogen (secondary N) is 2. The molecule has 0 unspecified atom stereocenters. The zero-order valence-corrected chi connectivity index (χ0v) is 14.8. The van der Waals surface area contributed by atoms with Crippen LogP contribution < -0.4 is 10.6 Å². The molecular formula is C16H20ClF3N2O3. The maximum absolute atomic E-state index is 12.8. The monoisotopic (exact) mass is 380 g/mol. The average molecular weight is 381 g/mol. The van der Waals surface area contributed by atoms with Gasteiger partial charge < -0.3 is 15.4 Å². The van der Waals surface area contributed by atoms with Crippen LogP contribution in [0.1, 0.15) is 25.8 Å². The van der Waals surface area contributed by atoms with Gasteiger partial charge in [0.15, 0.2) is 0 Å². The number of methoxy groups -OCH3 is 1. The van der Waals surface area contributed by atoms with Gasteiger partial charge in [0.25, 0.3) is 0 Å². The molecule has 0 saturated heterocycles. The van der Waals surface area contributed by atoms with Crippen molar-refractivity contribution in [2.45, 2.75) is 26.4 Å². The highest BCUT2D eigenvalue weighted by atomic mass is 35.5. The molecule has 1 aromatic carbocycles. The minimum absolute atomic E-state index is 0.0577. The van der Waals surface area contributed by atoms with Gasteiger partial charge in [-0.1, -0.05) is 11.6 Å². The normalized spacial score (nSPS) is 12.0. The van der Waals surface area contributed by atoms with Crippen molar-refractivity contribution in [3.63, 3.8) is 0 Å². The summed E-state index contributed by atoms with van der Waals surface area (Å²) in [6, 6.07) is 2.58. The fourth-order valence-corrected chi connectivity index (χ4v) is 1.98. The third kappa shape index (κ3) is 5.89. The fourth-order valence-electron chi connectivity index (χ4n) is 1.82. The van der Waals surface area contributed by atoms with Gasteiger partial charge in [-0.25, -0.2) is 0 Å². The second kappa shape index (κ2) is 8.53. The van der Waals surface area contributed by atoms with E-state index in [1.807, 2.05) is 0 Å². The molecular weight excluding hydrogens is 361 g/mol. The second-order valence-corrected chi connectivity index (χ2v) is 6.28. The van der Waals surface area contributed by atoms with E-state index >= 15 is 0 Å². The Morgan fingerprint density at radius 1 is 1.20 bits per heavy atom. The fraction of sp³-hybridized carbons (Fsp3) is 0.500. The number of ether oxygens (including phenoxy) is 1. The molecule has 2 amide bonds. The number of hydrogen-bond acceptors (Lipinski definition) is 3. The molecule has 0 radical (unpaired) electrons. The van der Waals surface area contributed by atoms with Crippen molar-refractivity contribution in [3.8, 4) is 0 Å². The summed E-state index contributed by atoms with van der Waals surface area (Å²) in [7, 11) is 1.53. The molecule has 2 N–H and O–H groups in total. The van der Waals surface area contributed by atoms with E-state index in [9.17, 15) is 22.8 Å². The molecule has 0 aliphatic rings. The highest BCUT2D eigenvalue weighted by Gasteiger charge is 2.37. The van der Waals surface area contributed by atoms with Gasteiger partial charge in [0.05, 0.1) is 16.3 Å². The summed E-state index contributed by atoms with van der Waals surface area (Å²) in [5, 5.41) is 4.81. The molecule has 0 aliphatic heterocycles. The van der Waals surface area contributed by atoms with Gasteiger partial charge >= 0.3 is 6.18 Å². The maximum atomic E-state index is 12.8. The Morgan fingerprint density at radius 2 is 1.84 bits per heavy atom. The zero-order valence-electron chi connectivity index (χ0n) is 14.1. The van der Waals surface area contributed by atoms with Crippen LogP contribution in [0, 0.1) is 5.41 Å². The van der Waals surface area contributed by atoms with Crippen molar-refractivity contribution < 1.29 is 27.5 Å². The molecule has 0 aromatic heterocycles. The molecule has 5 nitrogen and oxygen atoms in total. The third-order valence-electron chi connectivity index (χ3n) is 3.49. The number of hydrogen-bond donors (Lipinski definition) is 2. The summed E-state index contributed by atoms with van der Waals surface area (Å²) in [5.74, 6) is -1.32. The van der Waals surface area contributed by atoms with Crippen molar-refractivity contribution in [1.29, 1.82) is 0 Å². The van der Waals surface area contributed by atoms with Gasteiger partial charge in [0.1, 0.15) is 5.41 Å². The lowest BCUT2D eigenvalue weighted by Gasteiger charge is -2.23. The van der Waals surface area contributed by atoms with Crippen LogP contribution in [0.3, 0.4) is 0 Å². The van der Waals surface area contributed by atoms with E-state index < -0.39 is 29.0 Å². The number of anilines is 1. The summed E-state index contributed by atoms with van der Waals surface area (Å²) in [6.07, 6.45) is -4.00. The number of benzene rings is 1. The Kier molecular flexibility index (Phi) is 7.25. The van der Waals surface area contributed by atoms with Crippen LogP contribution in [-0.2, 0) is 20.5 Å². The number of rotatable bonds is 7. The number of alkyl halides is 3. The number of halogens is 4. The molecule has 140 valence electrons. The summed E-state index contributed by atoms with van der Waals surface area (Å²) in [6.45, 7) is 3.51. The molecule has 0 heterocycles. The van der Waals surface area contributed by atoms with Gasteiger partial charge in [0, 0.05) is 20.3 Å². The van der Waals surface area contributed by atoms with Crippen molar-refractivity contribution in [2.24, 2.45) is 5.41 Å². The lowest BCUT2D eigenvalue weighted by atomic mass is 9.91. The van der Waals surface area contributed by atoms with Crippen molar-refractivity contribution >= 4 is 29.1 Å². The van der Waals surface area contributed by atoms with Crippen molar-refractivity contribution in [1.82, 2.24) is 5.32 Å². The molecule has 1 aromatic rings. The molecule has 0 spiro atoms. The number of carbonyl (C=O) groups is 2. The molecule has 9 heteroatoms. The minimum atomic E-state index is -4.57. The summed E-state index contributed by atoms with van der Waals surface area (Å²) in [4.78, 5) is 24.5. The Labute approximate surface area is 148 Å². The van der Waals surface area contributed by atoms with Gasteiger partial charge in [-0.2, -0.15) is 13.2 Å². The largest absolute Gasteiger partial charge is 0.416 e. The molecule has 0 saturated carbocycles. The Bertz CT molecular complexity index is 634. The van der Waals surface area contributed by atoms with Crippen LogP contribution in [0.25, 0.3) is 0 Å². The minimum Gasteiger partial charge on any atom is -0.385 e. The third-order valence-corrected chi connectivity index (χ3v) is 3.82. The topological polar surface area (TPSA) is 67.4 Å². The highest BCUT2D eigenvalue weighted by Crippen LogP contribution is 2.34. The molecule has 0 aliphatic carbocycles. The van der Waals surface area contributed by atoms with Gasteiger partial charge in [0.2, 0.25) is 11.8 Å². The zero-order chi connectivity index (χ0) is 19.3. The maximum Gasteiger partial charge on any atom is 0.416 e. The molecule has 0 bridgehead atoms. The first kappa shape index (κ1) is 21.2. The highest BCUT2D eigenvalue weighted by molar-refractivity contribution is 6.34. The molecule has 25 heavy (non-hydrogen) atoms. The molecule has 0 fully saturated rings. The smallest absolute Gasteiger partial charge is 0.385 e. The van der Waals surface area contributed by atoms with E-state index in [-0.39, 0.29) is 10.7 Å². The Morgan fingerprint density at radius 3 is 2.40 bits per heavy atom. The van der Waals surface area contributed by atoms with E-state index in [2.05, 4.69) is 10.6 Å². The van der Waals surface area contributed by atoms with Crippen molar-refractivity contribution in [2.75, 3.05) is 25.6 Å². The SMILES string of the molecule is COCCCNC(=O)C(C)(C)C(=O)Nc1cc(C(F)(F)F)ccc1Cl. The van der Waals surface area contributed by atoms with Crippen LogP contribution in [0.2, 0.25) is 5.02 Å². The van der Waals surface area contributed by atoms with E-state index in [1.54, 1.807) is 0 Å². The predicted octanol–water partition coefficient (Wildman–Crippen LogP) is 3.48. The van der Waals surface area contributed by atoms with E-state index in [4.69, 9.17) is 16.3 Å². The first-order valence-corrected chi connectivity index (χ1v) is 7.83. The van der Waals surface area contributed by atoms with Gasteiger partial charge in [-0.15, -0.1) is 0 Å². The molecule has 1 rings (SSSR count). The van der Waals surface area contributed by atoms with Crippen LogP contribution in [-0.4, -0.2) is 32.1 Å². The number of carbonyl (C=O) groups excluding carboxylic acids is 2. The summed E-state index contributed by atoms with van der Waals surface area (Å²) >= 11 is 5.84. The second-order valence-electron chi connectivity index (χ2n) is 5.87. The average Bonchev–Trinajstić information content (AvgIpc) is 2.52. The van der Waals surface area contributed by atoms with Crippen LogP contribution in [0.5, 0.6) is 0 Å². The summed E-state index contributed by atoms with van der Waals surface area (Å²) in [5.41, 5.74) is -2.65. The molecule has 0 atom stereocenters. The lowest BCUT2D eigenvalue weighted by molar-refractivity contribution is -0.139. The Balaban J connectivity index is 2.84. The van der Waals surface area contributed by atoms with E-state index in [1.165, 1.54) is 21.0 Å². The van der Waals surface area contributed by atoms with Gasteiger partial charge in [-0.05, 0) is 38.5 Å². The van der Waals surface area contributed by atoms with Crippen LogP contribution in [0.4, 0.5) is 18.9 Å². The predicted molar refractivity (Wildman–Crippen MR) is 88.4 cm³/mol. The van der Waals surface area contributed by atoms with Crippen LogP contribution >= 0.6 is 11.6 Å². The van der Waals surface area contributed by atoms with Crippen LogP contribution in [0.15, 0.2) is 18.2 Å². The first-order valence-electron chi connectivity index (χ1n) is 7.45. The first-order chi connectivity index (χ1) is 11.5. The number of amides is 2. The summed E-state index contributed by atoms with van der Waals surface area (Å²) < 4.78 is 43.2.